The molecule has 1 atom stereocenters. The second kappa shape index (κ2) is 5.07. The lowest BCUT2D eigenvalue weighted by Crippen LogP contribution is -2.20. The van der Waals surface area contributed by atoms with Crippen LogP contribution in [0.4, 0.5) is 11.9 Å². The highest BCUT2D eigenvalue weighted by Gasteiger charge is 2.22. The molecule has 1 heterocycles. The van der Waals surface area contributed by atoms with Gasteiger partial charge in [0.15, 0.2) is 0 Å². The van der Waals surface area contributed by atoms with Gasteiger partial charge in [0.2, 0.25) is 11.9 Å². The number of hydrogen-bond acceptors (Lipinski definition) is 5. The van der Waals surface area contributed by atoms with E-state index in [4.69, 9.17) is 5.73 Å². The van der Waals surface area contributed by atoms with E-state index >= 15 is 0 Å². The van der Waals surface area contributed by atoms with Crippen molar-refractivity contribution >= 4 is 11.9 Å². The number of nitrogen functional groups attached to an aromatic ring is 1. The van der Waals surface area contributed by atoms with Crippen molar-refractivity contribution < 1.29 is 0 Å². The summed E-state index contributed by atoms with van der Waals surface area (Å²) in [5.74, 6) is 0.798. The Bertz CT molecular complexity index is 638. The van der Waals surface area contributed by atoms with Crippen LogP contribution in [0.1, 0.15) is 41.1 Å². The summed E-state index contributed by atoms with van der Waals surface area (Å²) in [5, 5.41) is 3.38. The molecule has 0 bridgehead atoms. The van der Waals surface area contributed by atoms with Crippen LogP contribution in [0.2, 0.25) is 0 Å². The summed E-state index contributed by atoms with van der Waals surface area (Å²) in [4.78, 5) is 12.1. The summed E-state index contributed by atoms with van der Waals surface area (Å²) in [5.41, 5.74) is 11.2. The summed E-state index contributed by atoms with van der Waals surface area (Å²) in [6.45, 7) is 4.37. The molecular formula is C15H19N5. The van der Waals surface area contributed by atoms with Gasteiger partial charge < -0.3 is 11.1 Å². The molecule has 0 fully saturated rings. The van der Waals surface area contributed by atoms with Crippen molar-refractivity contribution in [2.75, 3.05) is 11.1 Å². The fourth-order valence-electron chi connectivity index (χ4n) is 2.88. The van der Waals surface area contributed by atoms with Gasteiger partial charge in [-0.3, -0.25) is 0 Å². The highest BCUT2D eigenvalue weighted by Crippen LogP contribution is 2.34. The zero-order valence-electron chi connectivity index (χ0n) is 11.8. The molecule has 0 aliphatic heterocycles. The van der Waals surface area contributed by atoms with E-state index < -0.39 is 0 Å². The van der Waals surface area contributed by atoms with E-state index in [-0.39, 0.29) is 12.0 Å². The Balaban J connectivity index is 1.92. The molecule has 1 aliphatic rings. The third-order valence-corrected chi connectivity index (χ3v) is 4.09. The topological polar surface area (TPSA) is 76.7 Å². The van der Waals surface area contributed by atoms with Gasteiger partial charge in [0.25, 0.3) is 0 Å². The van der Waals surface area contributed by atoms with Crippen molar-refractivity contribution in [1.82, 2.24) is 15.0 Å². The summed E-state index contributed by atoms with van der Waals surface area (Å²) in [6.07, 6.45) is 4.85. The zero-order valence-corrected chi connectivity index (χ0v) is 11.8. The molecule has 3 N–H and O–H groups in total. The number of aromatic nitrogens is 3. The summed E-state index contributed by atoms with van der Waals surface area (Å²) in [7, 11) is 0. The minimum Gasteiger partial charge on any atom is -0.368 e. The maximum Gasteiger partial charge on any atom is 0.227 e. The molecule has 0 saturated heterocycles. The predicted molar refractivity (Wildman–Crippen MR) is 79.5 cm³/mol. The Kier molecular flexibility index (Phi) is 3.26. The Morgan fingerprint density at radius 3 is 2.90 bits per heavy atom. The van der Waals surface area contributed by atoms with Gasteiger partial charge in [0.1, 0.15) is 6.33 Å². The largest absolute Gasteiger partial charge is 0.368 e. The Morgan fingerprint density at radius 1 is 1.25 bits per heavy atom. The van der Waals surface area contributed by atoms with E-state index in [0.29, 0.717) is 5.95 Å². The van der Waals surface area contributed by atoms with E-state index in [9.17, 15) is 0 Å². The second-order valence-electron chi connectivity index (χ2n) is 5.33. The van der Waals surface area contributed by atoms with Crippen molar-refractivity contribution in [1.29, 1.82) is 0 Å². The molecule has 3 rings (SSSR count). The normalized spacial score (nSPS) is 17.6. The first kappa shape index (κ1) is 12.8. The van der Waals surface area contributed by atoms with Crippen LogP contribution in [-0.4, -0.2) is 15.0 Å². The van der Waals surface area contributed by atoms with Crippen LogP contribution in [0.5, 0.6) is 0 Å². The van der Waals surface area contributed by atoms with Crippen LogP contribution >= 0.6 is 0 Å². The first-order chi connectivity index (χ1) is 9.65. The SMILES string of the molecule is Cc1ccc2c(c1C)CCC[C@H]2Nc1ncnc(N)n1. The van der Waals surface area contributed by atoms with E-state index in [1.54, 1.807) is 0 Å². The molecule has 1 aromatic heterocycles. The molecule has 104 valence electrons. The van der Waals surface area contributed by atoms with Crippen LogP contribution in [-0.2, 0) is 6.42 Å². The summed E-state index contributed by atoms with van der Waals surface area (Å²) < 4.78 is 0. The van der Waals surface area contributed by atoms with Crippen LogP contribution in [0, 0.1) is 13.8 Å². The number of nitrogens with zero attached hydrogens (tertiary/aromatic N) is 3. The first-order valence-electron chi connectivity index (χ1n) is 6.95. The van der Waals surface area contributed by atoms with Crippen LogP contribution in [0.3, 0.4) is 0 Å². The lowest BCUT2D eigenvalue weighted by atomic mass is 9.84. The molecule has 5 nitrogen and oxygen atoms in total. The minimum atomic E-state index is 0.249. The van der Waals surface area contributed by atoms with Crippen LogP contribution in [0.15, 0.2) is 18.5 Å². The number of anilines is 2. The second-order valence-corrected chi connectivity index (χ2v) is 5.33. The van der Waals surface area contributed by atoms with E-state index in [0.717, 1.165) is 12.8 Å². The number of benzene rings is 1. The Labute approximate surface area is 118 Å². The van der Waals surface area contributed by atoms with Crippen LogP contribution < -0.4 is 11.1 Å². The highest BCUT2D eigenvalue weighted by molar-refractivity contribution is 5.45. The van der Waals surface area contributed by atoms with Gasteiger partial charge in [0, 0.05) is 0 Å². The molecule has 20 heavy (non-hydrogen) atoms. The number of nitrogens with one attached hydrogen (secondary N) is 1. The Hall–Kier alpha value is -2.17. The first-order valence-corrected chi connectivity index (χ1v) is 6.95. The minimum absolute atomic E-state index is 0.249. The van der Waals surface area contributed by atoms with E-state index in [2.05, 4.69) is 46.2 Å². The molecule has 1 aliphatic carbocycles. The number of hydrogen-bond donors (Lipinski definition) is 2. The van der Waals surface area contributed by atoms with Crippen molar-refractivity contribution in [2.45, 2.75) is 39.2 Å². The summed E-state index contributed by atoms with van der Waals surface area (Å²) >= 11 is 0. The van der Waals surface area contributed by atoms with Gasteiger partial charge >= 0.3 is 0 Å². The fraction of sp³-hybridized carbons (Fsp3) is 0.400. The van der Waals surface area contributed by atoms with E-state index in [1.807, 2.05) is 0 Å². The molecule has 5 heteroatoms. The summed E-state index contributed by atoms with van der Waals surface area (Å²) in [6, 6.07) is 4.66. The van der Waals surface area contributed by atoms with Crippen molar-refractivity contribution in [3.8, 4) is 0 Å². The average Bonchev–Trinajstić information content (AvgIpc) is 2.43. The van der Waals surface area contributed by atoms with Crippen molar-refractivity contribution in [2.24, 2.45) is 0 Å². The smallest absolute Gasteiger partial charge is 0.227 e. The third kappa shape index (κ3) is 2.31. The van der Waals surface area contributed by atoms with Crippen LogP contribution in [0.25, 0.3) is 0 Å². The molecule has 0 radical (unpaired) electrons. The molecule has 0 spiro atoms. The van der Waals surface area contributed by atoms with E-state index in [1.165, 1.54) is 35.0 Å². The predicted octanol–water partition coefficient (Wildman–Crippen LogP) is 2.56. The highest BCUT2D eigenvalue weighted by atomic mass is 15.2. The third-order valence-electron chi connectivity index (χ3n) is 4.09. The van der Waals surface area contributed by atoms with Crippen molar-refractivity contribution in [3.63, 3.8) is 0 Å². The number of aryl methyl sites for hydroxylation is 1. The standard InChI is InChI=1S/C15H19N5/c1-9-6-7-12-11(10(9)2)4-3-5-13(12)19-15-18-8-17-14(16)20-15/h6-8,13H,3-5H2,1-2H3,(H3,16,17,18,19,20)/t13-/m1/s1. The number of rotatable bonds is 2. The zero-order chi connectivity index (χ0) is 14.1. The number of nitrogens with two attached hydrogens (primary N) is 1. The van der Waals surface area contributed by atoms with Gasteiger partial charge in [-0.05, 0) is 55.4 Å². The van der Waals surface area contributed by atoms with Gasteiger partial charge in [-0.1, -0.05) is 12.1 Å². The monoisotopic (exact) mass is 269 g/mol. The lowest BCUT2D eigenvalue weighted by molar-refractivity contribution is 0.593. The van der Waals surface area contributed by atoms with Gasteiger partial charge in [-0.2, -0.15) is 4.98 Å². The quantitative estimate of drug-likeness (QED) is 0.876. The van der Waals surface area contributed by atoms with Gasteiger partial charge in [0.05, 0.1) is 6.04 Å². The molecular weight excluding hydrogens is 250 g/mol. The fourth-order valence-corrected chi connectivity index (χ4v) is 2.88. The van der Waals surface area contributed by atoms with Gasteiger partial charge in [-0.25, -0.2) is 9.97 Å². The molecule has 0 amide bonds. The van der Waals surface area contributed by atoms with Crippen molar-refractivity contribution in [3.05, 3.63) is 40.7 Å². The molecule has 2 aromatic rings. The molecule has 0 unspecified atom stereocenters. The average molecular weight is 269 g/mol. The van der Waals surface area contributed by atoms with Gasteiger partial charge in [-0.15, -0.1) is 0 Å². The molecule has 0 saturated carbocycles. The molecule has 1 aromatic carbocycles. The number of fused-ring (bicyclic) bond motifs is 1. The maximum atomic E-state index is 5.60. The Morgan fingerprint density at radius 2 is 2.10 bits per heavy atom. The lowest BCUT2D eigenvalue weighted by Gasteiger charge is -2.28. The maximum absolute atomic E-state index is 5.60.